The lowest BCUT2D eigenvalue weighted by molar-refractivity contribution is 0.130. The van der Waals surface area contributed by atoms with Crippen molar-refractivity contribution in [2.45, 2.75) is 57.6 Å². The third kappa shape index (κ3) is 6.18. The van der Waals surface area contributed by atoms with E-state index in [1.165, 1.54) is 0 Å². The number of rotatable bonds is 6. The first-order valence-electron chi connectivity index (χ1n) is 11.9. The van der Waals surface area contributed by atoms with Gasteiger partial charge >= 0.3 is 12.2 Å². The topological polar surface area (TPSA) is 116 Å². The number of aromatic nitrogens is 1. The first kappa shape index (κ1) is 24.3. The summed E-state index contributed by atoms with van der Waals surface area (Å²) in [6, 6.07) is 6.01. The molecule has 2 heterocycles. The fourth-order valence-electron chi connectivity index (χ4n) is 4.61. The average Bonchev–Trinajstić information content (AvgIpc) is 3.29. The molecule has 10 heteroatoms. The summed E-state index contributed by atoms with van der Waals surface area (Å²) in [4.78, 5) is 31.2. The van der Waals surface area contributed by atoms with E-state index >= 15 is 0 Å². The average molecular weight is 488 g/mol. The van der Waals surface area contributed by atoms with Crippen molar-refractivity contribution in [3.05, 3.63) is 29.4 Å². The zero-order valence-corrected chi connectivity index (χ0v) is 20.5. The van der Waals surface area contributed by atoms with Crippen molar-refractivity contribution >= 4 is 34.9 Å². The fourth-order valence-corrected chi connectivity index (χ4v) is 5.73. The van der Waals surface area contributed by atoms with Crippen molar-refractivity contribution in [1.29, 1.82) is 0 Å². The number of carboxylic acid groups (broad SMARTS) is 1. The number of carbonyl (C=O) groups is 2. The number of benzene rings is 1. The molecule has 184 valence electrons. The molecule has 1 saturated carbocycles. The number of thiazole rings is 1. The van der Waals surface area contributed by atoms with E-state index in [0.29, 0.717) is 11.6 Å². The van der Waals surface area contributed by atoms with Crippen molar-refractivity contribution in [3.63, 3.8) is 0 Å². The molecule has 0 spiro atoms. The molecule has 1 aliphatic carbocycles. The second-order valence-electron chi connectivity index (χ2n) is 9.11. The maximum atomic E-state index is 12.1. The number of hydrogen-bond donors (Lipinski definition) is 4. The number of nitrogens with zero attached hydrogens (tertiary/aromatic N) is 2. The molecule has 4 N–H and O–H groups in total. The lowest BCUT2D eigenvalue weighted by atomic mass is 9.86. The van der Waals surface area contributed by atoms with Crippen molar-refractivity contribution in [2.75, 3.05) is 36.4 Å². The summed E-state index contributed by atoms with van der Waals surface area (Å²) in [5.41, 5.74) is 2.89. The predicted octanol–water partition coefficient (Wildman–Crippen LogP) is 4.47. The predicted molar refractivity (Wildman–Crippen MR) is 134 cm³/mol. The van der Waals surface area contributed by atoms with Crippen LogP contribution in [0.15, 0.2) is 24.4 Å². The largest absolute Gasteiger partial charge is 0.465 e. The van der Waals surface area contributed by atoms with E-state index in [0.717, 1.165) is 73.0 Å². The number of nitrogens with one attached hydrogen (secondary N) is 3. The van der Waals surface area contributed by atoms with Gasteiger partial charge in [0.25, 0.3) is 0 Å². The Kier molecular flexibility index (Phi) is 7.89. The lowest BCUT2D eigenvalue weighted by Crippen LogP contribution is -2.43. The Hall–Kier alpha value is -2.85. The second kappa shape index (κ2) is 11.1. The third-order valence-electron chi connectivity index (χ3n) is 6.24. The Morgan fingerprint density at radius 3 is 2.62 bits per heavy atom. The summed E-state index contributed by atoms with van der Waals surface area (Å²) in [6.07, 6.45) is 3.90. The van der Waals surface area contributed by atoms with E-state index in [-0.39, 0.29) is 12.1 Å². The standard InChI is InChI=1S/C24H33N5O4S/c1-15(2)33-24(32)28-18-7-8-19(20(13-18)29-11-9-25-10-12-29)21-14-26-22(34-21)16-3-5-17(6-4-16)27-23(30)31/h7-8,13-17,25,27H,3-6,9-12H2,1-2H3,(H,28,32)(H,30,31)/t16-,17-. The summed E-state index contributed by atoms with van der Waals surface area (Å²) in [6.45, 7) is 7.25. The molecule has 1 saturated heterocycles. The summed E-state index contributed by atoms with van der Waals surface area (Å²) in [5, 5.41) is 18.9. The molecule has 9 nitrogen and oxygen atoms in total. The van der Waals surface area contributed by atoms with Crippen molar-refractivity contribution < 1.29 is 19.4 Å². The minimum absolute atomic E-state index is 0.0370. The van der Waals surface area contributed by atoms with Crippen LogP contribution in [0.4, 0.5) is 21.0 Å². The molecule has 0 unspecified atom stereocenters. The molecule has 1 aromatic heterocycles. The summed E-state index contributed by atoms with van der Waals surface area (Å²) in [5.74, 6) is 0.361. The van der Waals surface area contributed by atoms with Gasteiger partial charge in [-0.3, -0.25) is 5.32 Å². The highest BCUT2D eigenvalue weighted by Crippen LogP contribution is 2.41. The summed E-state index contributed by atoms with van der Waals surface area (Å²) >= 11 is 1.71. The van der Waals surface area contributed by atoms with Crippen molar-refractivity contribution in [3.8, 4) is 10.4 Å². The minimum Gasteiger partial charge on any atom is -0.465 e. The van der Waals surface area contributed by atoms with Gasteiger partial charge in [0.05, 0.1) is 16.0 Å². The van der Waals surface area contributed by atoms with Gasteiger partial charge < -0.3 is 25.4 Å². The second-order valence-corrected chi connectivity index (χ2v) is 10.2. The Morgan fingerprint density at radius 2 is 1.94 bits per heavy atom. The molecular formula is C24H33N5O4S. The smallest absolute Gasteiger partial charge is 0.411 e. The summed E-state index contributed by atoms with van der Waals surface area (Å²) in [7, 11) is 0. The first-order valence-corrected chi connectivity index (χ1v) is 12.7. The van der Waals surface area contributed by atoms with Gasteiger partial charge in [0.2, 0.25) is 0 Å². The SMILES string of the molecule is CC(C)OC(=O)Nc1ccc(-c2cnc([C@H]3CC[C@H](NC(=O)O)CC3)s2)c(N2CCNCC2)c1. The van der Waals surface area contributed by atoms with Crippen LogP contribution in [-0.2, 0) is 4.74 Å². The highest BCUT2D eigenvalue weighted by Gasteiger charge is 2.26. The molecule has 2 aliphatic rings. The highest BCUT2D eigenvalue weighted by atomic mass is 32.1. The fraction of sp³-hybridized carbons (Fsp3) is 0.542. The van der Waals surface area contributed by atoms with Gasteiger partial charge in [0, 0.05) is 61.3 Å². The first-order chi connectivity index (χ1) is 16.4. The van der Waals surface area contributed by atoms with Crippen LogP contribution in [0.2, 0.25) is 0 Å². The lowest BCUT2D eigenvalue weighted by Gasteiger charge is -2.31. The number of ether oxygens (including phenoxy) is 1. The van der Waals surface area contributed by atoms with Gasteiger partial charge in [-0.2, -0.15) is 0 Å². The molecule has 2 aromatic rings. The van der Waals surface area contributed by atoms with E-state index in [1.54, 1.807) is 11.3 Å². The quantitative estimate of drug-likeness (QED) is 0.475. The number of piperazine rings is 1. The highest BCUT2D eigenvalue weighted by molar-refractivity contribution is 7.15. The molecule has 2 fully saturated rings. The molecule has 1 aliphatic heterocycles. The number of amides is 2. The van der Waals surface area contributed by atoms with Gasteiger partial charge in [0.15, 0.2) is 0 Å². The third-order valence-corrected chi connectivity index (χ3v) is 7.43. The number of anilines is 2. The zero-order valence-electron chi connectivity index (χ0n) is 19.7. The Morgan fingerprint density at radius 1 is 1.21 bits per heavy atom. The van der Waals surface area contributed by atoms with Gasteiger partial charge in [-0.1, -0.05) is 0 Å². The Balaban J connectivity index is 1.53. The Bertz CT molecular complexity index is 997. The van der Waals surface area contributed by atoms with Crippen molar-refractivity contribution in [1.82, 2.24) is 15.6 Å². The van der Waals surface area contributed by atoms with Gasteiger partial charge in [-0.25, -0.2) is 14.6 Å². The minimum atomic E-state index is -0.948. The van der Waals surface area contributed by atoms with E-state index in [9.17, 15) is 9.59 Å². The van der Waals surface area contributed by atoms with Crippen LogP contribution in [0, 0.1) is 0 Å². The molecule has 34 heavy (non-hydrogen) atoms. The zero-order chi connectivity index (χ0) is 24.1. The Labute approximate surface area is 203 Å². The van der Waals surface area contributed by atoms with Gasteiger partial charge in [-0.15, -0.1) is 11.3 Å². The maximum Gasteiger partial charge on any atom is 0.411 e. The molecule has 1 aromatic carbocycles. The van der Waals surface area contributed by atoms with Crippen LogP contribution in [0.1, 0.15) is 50.5 Å². The van der Waals surface area contributed by atoms with E-state index in [4.69, 9.17) is 14.8 Å². The number of hydrogen-bond acceptors (Lipinski definition) is 7. The van der Waals surface area contributed by atoms with Crippen LogP contribution in [0.3, 0.4) is 0 Å². The van der Waals surface area contributed by atoms with E-state index in [1.807, 2.05) is 38.2 Å². The molecule has 0 atom stereocenters. The normalized spacial score (nSPS) is 20.7. The molecule has 4 rings (SSSR count). The molecule has 0 bridgehead atoms. The molecule has 2 amide bonds. The van der Waals surface area contributed by atoms with Crippen LogP contribution < -0.4 is 20.9 Å². The van der Waals surface area contributed by atoms with E-state index in [2.05, 4.69) is 20.9 Å². The molecular weight excluding hydrogens is 454 g/mol. The number of carbonyl (C=O) groups excluding carboxylic acids is 1. The van der Waals surface area contributed by atoms with Crippen LogP contribution >= 0.6 is 11.3 Å². The van der Waals surface area contributed by atoms with Crippen LogP contribution in [0.5, 0.6) is 0 Å². The summed E-state index contributed by atoms with van der Waals surface area (Å²) < 4.78 is 5.23. The van der Waals surface area contributed by atoms with E-state index < -0.39 is 12.2 Å². The van der Waals surface area contributed by atoms with Gasteiger partial charge in [-0.05, 0) is 57.7 Å². The van der Waals surface area contributed by atoms with Gasteiger partial charge in [0.1, 0.15) is 0 Å². The van der Waals surface area contributed by atoms with Crippen LogP contribution in [0.25, 0.3) is 10.4 Å². The monoisotopic (exact) mass is 487 g/mol. The van der Waals surface area contributed by atoms with Crippen molar-refractivity contribution in [2.24, 2.45) is 0 Å². The van der Waals surface area contributed by atoms with Crippen LogP contribution in [-0.4, -0.2) is 60.6 Å². The maximum absolute atomic E-state index is 12.1. The molecule has 0 radical (unpaired) electrons.